The molecule has 106 valence electrons. The van der Waals surface area contributed by atoms with Gasteiger partial charge in [-0.1, -0.05) is 12.8 Å². The van der Waals surface area contributed by atoms with E-state index in [1.165, 1.54) is 12.8 Å². The third-order valence-electron chi connectivity index (χ3n) is 3.42. The minimum absolute atomic E-state index is 0.0476. The van der Waals surface area contributed by atoms with Crippen LogP contribution < -0.4 is 5.32 Å². The maximum Gasteiger partial charge on any atom is 0.234 e. The van der Waals surface area contributed by atoms with Crippen LogP contribution in [0.4, 0.5) is 0 Å². The van der Waals surface area contributed by atoms with Crippen LogP contribution in [0.15, 0.2) is 0 Å². The molecular weight excluding hydrogens is 232 g/mol. The number of carbonyl (C=O) groups is 1. The van der Waals surface area contributed by atoms with Crippen molar-refractivity contribution in [2.75, 3.05) is 40.0 Å². The summed E-state index contributed by atoms with van der Waals surface area (Å²) in [6, 6.07) is 0.474. The summed E-state index contributed by atoms with van der Waals surface area (Å²) >= 11 is 0. The van der Waals surface area contributed by atoms with Gasteiger partial charge in [-0.3, -0.25) is 9.69 Å². The summed E-state index contributed by atoms with van der Waals surface area (Å²) in [5, 5.41) is 12.0. The predicted molar refractivity (Wildman–Crippen MR) is 70.4 cm³/mol. The number of rotatable bonds is 9. The van der Waals surface area contributed by atoms with Gasteiger partial charge in [-0.2, -0.15) is 0 Å². The van der Waals surface area contributed by atoms with E-state index >= 15 is 0 Å². The van der Waals surface area contributed by atoms with Crippen LogP contribution in [0.5, 0.6) is 0 Å². The minimum atomic E-state index is 0.0476. The van der Waals surface area contributed by atoms with E-state index in [4.69, 9.17) is 9.84 Å². The number of methoxy groups -OCH3 is 1. The number of hydrogen-bond donors (Lipinski definition) is 2. The normalized spacial score (nSPS) is 16.4. The number of hydrogen-bond acceptors (Lipinski definition) is 4. The molecule has 1 saturated carbocycles. The molecular formula is C13H26N2O3. The molecule has 0 aromatic heterocycles. The maximum absolute atomic E-state index is 11.8. The van der Waals surface area contributed by atoms with Crippen molar-refractivity contribution >= 4 is 5.91 Å². The summed E-state index contributed by atoms with van der Waals surface area (Å²) in [6.45, 7) is 2.44. The molecule has 1 amide bonds. The fourth-order valence-electron chi connectivity index (χ4n) is 2.47. The molecule has 0 radical (unpaired) electrons. The van der Waals surface area contributed by atoms with Gasteiger partial charge in [0, 0.05) is 32.8 Å². The molecule has 0 aromatic carbocycles. The van der Waals surface area contributed by atoms with Gasteiger partial charge in [0.1, 0.15) is 0 Å². The minimum Gasteiger partial charge on any atom is -0.395 e. The molecule has 0 spiro atoms. The lowest BCUT2D eigenvalue weighted by molar-refractivity contribution is -0.122. The largest absolute Gasteiger partial charge is 0.395 e. The molecule has 5 heteroatoms. The Labute approximate surface area is 109 Å². The lowest BCUT2D eigenvalue weighted by Crippen LogP contribution is -2.43. The van der Waals surface area contributed by atoms with Crippen molar-refractivity contribution < 1.29 is 14.6 Å². The van der Waals surface area contributed by atoms with E-state index in [0.717, 1.165) is 19.3 Å². The molecule has 5 nitrogen and oxygen atoms in total. The summed E-state index contributed by atoms with van der Waals surface area (Å²) in [6.07, 6.45) is 5.61. The van der Waals surface area contributed by atoms with E-state index in [9.17, 15) is 4.79 Å². The van der Waals surface area contributed by atoms with Crippen LogP contribution in [0.1, 0.15) is 32.1 Å². The number of nitrogens with zero attached hydrogens (tertiary/aromatic N) is 1. The average molecular weight is 258 g/mol. The molecule has 1 aliphatic carbocycles. The standard InChI is InChI=1S/C13H26N2O3/c1-18-10-4-7-14-13(17)11-15(8-9-16)12-5-2-3-6-12/h12,16H,2-11H2,1H3,(H,14,17). The zero-order valence-corrected chi connectivity index (χ0v) is 11.4. The number of nitrogens with one attached hydrogen (secondary N) is 1. The zero-order chi connectivity index (χ0) is 13.2. The highest BCUT2D eigenvalue weighted by Crippen LogP contribution is 2.22. The van der Waals surface area contributed by atoms with Gasteiger partial charge in [0.2, 0.25) is 5.91 Å². The number of aliphatic hydroxyl groups excluding tert-OH is 1. The quantitative estimate of drug-likeness (QED) is 0.587. The molecule has 1 fully saturated rings. The Balaban J connectivity index is 2.24. The van der Waals surface area contributed by atoms with Gasteiger partial charge in [0.15, 0.2) is 0 Å². The summed E-state index contributed by atoms with van der Waals surface area (Å²) in [4.78, 5) is 13.9. The van der Waals surface area contributed by atoms with Crippen LogP contribution in [0, 0.1) is 0 Å². The van der Waals surface area contributed by atoms with E-state index < -0.39 is 0 Å². The molecule has 1 aliphatic rings. The Morgan fingerprint density at radius 2 is 2.17 bits per heavy atom. The van der Waals surface area contributed by atoms with Gasteiger partial charge in [-0.25, -0.2) is 0 Å². The highest BCUT2D eigenvalue weighted by molar-refractivity contribution is 5.78. The van der Waals surface area contributed by atoms with Gasteiger partial charge in [-0.15, -0.1) is 0 Å². The molecule has 2 N–H and O–H groups in total. The van der Waals surface area contributed by atoms with Crippen molar-refractivity contribution in [2.45, 2.75) is 38.1 Å². The lowest BCUT2D eigenvalue weighted by atomic mass is 10.2. The third-order valence-corrected chi connectivity index (χ3v) is 3.42. The number of aliphatic hydroxyl groups is 1. The number of carbonyl (C=O) groups excluding carboxylic acids is 1. The first-order valence-corrected chi connectivity index (χ1v) is 6.88. The Kier molecular flexibility index (Phi) is 7.96. The first-order valence-electron chi connectivity index (χ1n) is 6.88. The van der Waals surface area contributed by atoms with Crippen molar-refractivity contribution in [3.05, 3.63) is 0 Å². The van der Waals surface area contributed by atoms with Crippen molar-refractivity contribution in [1.82, 2.24) is 10.2 Å². The highest BCUT2D eigenvalue weighted by Gasteiger charge is 2.23. The molecule has 1 rings (SSSR count). The number of ether oxygens (including phenoxy) is 1. The molecule has 0 aliphatic heterocycles. The second-order valence-corrected chi connectivity index (χ2v) is 4.83. The van der Waals surface area contributed by atoms with Crippen LogP contribution >= 0.6 is 0 Å². The van der Waals surface area contributed by atoms with Crippen LogP contribution in [-0.2, 0) is 9.53 Å². The summed E-state index contributed by atoms with van der Waals surface area (Å²) < 4.78 is 4.93. The second kappa shape index (κ2) is 9.30. The van der Waals surface area contributed by atoms with E-state index in [1.54, 1.807) is 7.11 Å². The van der Waals surface area contributed by atoms with Gasteiger partial charge in [-0.05, 0) is 19.3 Å². The van der Waals surface area contributed by atoms with E-state index in [0.29, 0.717) is 32.3 Å². The Hall–Kier alpha value is -0.650. The van der Waals surface area contributed by atoms with Crippen LogP contribution in [0.3, 0.4) is 0 Å². The van der Waals surface area contributed by atoms with Gasteiger partial charge < -0.3 is 15.2 Å². The van der Waals surface area contributed by atoms with Crippen molar-refractivity contribution in [2.24, 2.45) is 0 Å². The third kappa shape index (κ3) is 5.80. The van der Waals surface area contributed by atoms with Gasteiger partial charge in [0.25, 0.3) is 0 Å². The Morgan fingerprint density at radius 3 is 2.78 bits per heavy atom. The van der Waals surface area contributed by atoms with Crippen LogP contribution in [-0.4, -0.2) is 61.9 Å². The molecule has 0 heterocycles. The van der Waals surface area contributed by atoms with E-state index in [1.807, 2.05) is 0 Å². The Bertz CT molecular complexity index is 230. The smallest absolute Gasteiger partial charge is 0.234 e. The van der Waals surface area contributed by atoms with Gasteiger partial charge in [0.05, 0.1) is 13.2 Å². The first-order chi connectivity index (χ1) is 8.77. The monoisotopic (exact) mass is 258 g/mol. The molecule has 0 saturated heterocycles. The van der Waals surface area contributed by atoms with E-state index in [2.05, 4.69) is 10.2 Å². The average Bonchev–Trinajstić information content (AvgIpc) is 2.88. The fourth-order valence-corrected chi connectivity index (χ4v) is 2.47. The maximum atomic E-state index is 11.8. The van der Waals surface area contributed by atoms with Crippen LogP contribution in [0.25, 0.3) is 0 Å². The summed E-state index contributed by atoms with van der Waals surface area (Å²) in [5.74, 6) is 0.0476. The topological polar surface area (TPSA) is 61.8 Å². The SMILES string of the molecule is COCCCNC(=O)CN(CCO)C1CCCC1. The molecule has 18 heavy (non-hydrogen) atoms. The van der Waals surface area contributed by atoms with Crippen molar-refractivity contribution in [3.63, 3.8) is 0 Å². The molecule has 0 bridgehead atoms. The van der Waals surface area contributed by atoms with Crippen molar-refractivity contribution in [3.8, 4) is 0 Å². The summed E-state index contributed by atoms with van der Waals surface area (Å²) in [7, 11) is 1.66. The Morgan fingerprint density at radius 1 is 1.44 bits per heavy atom. The van der Waals surface area contributed by atoms with Crippen LogP contribution in [0.2, 0.25) is 0 Å². The lowest BCUT2D eigenvalue weighted by Gasteiger charge is -2.27. The second-order valence-electron chi connectivity index (χ2n) is 4.83. The van der Waals surface area contributed by atoms with Crippen molar-refractivity contribution in [1.29, 1.82) is 0 Å². The number of amides is 1. The first kappa shape index (κ1) is 15.4. The van der Waals surface area contributed by atoms with E-state index in [-0.39, 0.29) is 12.5 Å². The predicted octanol–water partition coefficient (Wildman–Crippen LogP) is 0.376. The molecule has 0 aromatic rings. The molecule has 0 unspecified atom stereocenters. The van der Waals surface area contributed by atoms with Gasteiger partial charge >= 0.3 is 0 Å². The summed E-state index contributed by atoms with van der Waals surface area (Å²) in [5.41, 5.74) is 0. The zero-order valence-electron chi connectivity index (χ0n) is 11.4. The molecule has 0 atom stereocenters. The fraction of sp³-hybridized carbons (Fsp3) is 0.923. The highest BCUT2D eigenvalue weighted by atomic mass is 16.5.